The Morgan fingerprint density at radius 2 is 2.10 bits per heavy atom. The summed E-state index contributed by atoms with van der Waals surface area (Å²) in [5.41, 5.74) is 6.49. The predicted molar refractivity (Wildman–Crippen MR) is 84.9 cm³/mol. The summed E-state index contributed by atoms with van der Waals surface area (Å²) in [6.07, 6.45) is 0. The summed E-state index contributed by atoms with van der Waals surface area (Å²) in [6, 6.07) is 9.53. The zero-order valence-electron chi connectivity index (χ0n) is 11.0. The van der Waals surface area contributed by atoms with Gasteiger partial charge in [0.25, 0.3) is 0 Å². The molecular formula is C14H12BrClN2O3. The van der Waals surface area contributed by atoms with Gasteiger partial charge in [-0.2, -0.15) is 0 Å². The molecular weight excluding hydrogens is 360 g/mol. The molecule has 110 valence electrons. The van der Waals surface area contributed by atoms with E-state index in [4.69, 9.17) is 22.1 Å². The largest absolute Gasteiger partial charge is 0.447 e. The molecule has 1 unspecified atom stereocenters. The topological polar surface area (TPSA) is 78.4 Å². The first kappa shape index (κ1) is 15.8. The Kier molecular flexibility index (Phi) is 4.82. The molecule has 2 aromatic rings. The second-order valence-corrected chi connectivity index (χ2v) is 5.69. The third-order valence-corrected chi connectivity index (χ3v) is 3.76. The van der Waals surface area contributed by atoms with Crippen molar-refractivity contribution in [3.05, 3.63) is 61.6 Å². The average Bonchev–Trinajstić information content (AvgIpc) is 2.42. The van der Waals surface area contributed by atoms with E-state index in [-0.39, 0.29) is 17.5 Å². The van der Waals surface area contributed by atoms with Gasteiger partial charge in [0.1, 0.15) is 5.75 Å². The van der Waals surface area contributed by atoms with Gasteiger partial charge in [0.2, 0.25) is 5.75 Å². The van der Waals surface area contributed by atoms with Crippen molar-refractivity contribution in [1.82, 2.24) is 0 Å². The Morgan fingerprint density at radius 3 is 2.67 bits per heavy atom. The van der Waals surface area contributed by atoms with Crippen molar-refractivity contribution < 1.29 is 9.66 Å². The van der Waals surface area contributed by atoms with Gasteiger partial charge in [-0.05, 0) is 46.6 Å². The molecule has 2 N–H and O–H groups in total. The van der Waals surface area contributed by atoms with Gasteiger partial charge in [-0.1, -0.05) is 23.7 Å². The maximum Gasteiger partial charge on any atom is 0.312 e. The van der Waals surface area contributed by atoms with Gasteiger partial charge in [-0.25, -0.2) is 0 Å². The summed E-state index contributed by atoms with van der Waals surface area (Å²) in [4.78, 5) is 10.5. The Labute approximate surface area is 134 Å². The minimum Gasteiger partial charge on any atom is -0.447 e. The maximum absolute atomic E-state index is 11.0. The van der Waals surface area contributed by atoms with Crippen molar-refractivity contribution in [2.24, 2.45) is 5.73 Å². The molecule has 0 amide bonds. The first-order valence-corrected chi connectivity index (χ1v) is 7.23. The number of rotatable bonds is 4. The van der Waals surface area contributed by atoms with Gasteiger partial charge in [-0.3, -0.25) is 10.1 Å². The molecule has 0 aliphatic rings. The zero-order valence-corrected chi connectivity index (χ0v) is 13.4. The smallest absolute Gasteiger partial charge is 0.312 e. The lowest BCUT2D eigenvalue weighted by molar-refractivity contribution is -0.385. The van der Waals surface area contributed by atoms with Crippen LogP contribution in [-0.2, 0) is 0 Å². The fourth-order valence-electron chi connectivity index (χ4n) is 1.74. The van der Waals surface area contributed by atoms with Gasteiger partial charge in [-0.15, -0.1) is 0 Å². The number of benzene rings is 2. The lowest BCUT2D eigenvalue weighted by Crippen LogP contribution is -2.04. The Balaban J connectivity index is 2.41. The molecule has 1 atom stereocenters. The summed E-state index contributed by atoms with van der Waals surface area (Å²) in [5.74, 6) is 0.439. The van der Waals surface area contributed by atoms with E-state index in [1.807, 2.05) is 6.92 Å². The number of para-hydroxylation sites is 1. The molecule has 0 radical (unpaired) electrons. The van der Waals surface area contributed by atoms with E-state index in [2.05, 4.69) is 15.9 Å². The third-order valence-electron chi connectivity index (χ3n) is 2.84. The highest BCUT2D eigenvalue weighted by molar-refractivity contribution is 9.10. The van der Waals surface area contributed by atoms with Gasteiger partial charge < -0.3 is 10.5 Å². The van der Waals surface area contributed by atoms with Gasteiger partial charge >= 0.3 is 5.69 Å². The molecule has 0 spiro atoms. The quantitative estimate of drug-likeness (QED) is 0.617. The monoisotopic (exact) mass is 370 g/mol. The minimum atomic E-state index is -0.510. The first-order chi connectivity index (χ1) is 9.90. The molecule has 2 aromatic carbocycles. The zero-order chi connectivity index (χ0) is 15.6. The Bertz CT molecular complexity index is 692. The predicted octanol–water partition coefficient (Wildman–Crippen LogP) is 4.82. The molecule has 0 bridgehead atoms. The van der Waals surface area contributed by atoms with E-state index >= 15 is 0 Å². The van der Waals surface area contributed by atoms with E-state index in [0.29, 0.717) is 15.2 Å². The van der Waals surface area contributed by atoms with Crippen LogP contribution in [0.4, 0.5) is 5.69 Å². The van der Waals surface area contributed by atoms with Crippen LogP contribution in [0, 0.1) is 10.1 Å². The summed E-state index contributed by atoms with van der Waals surface area (Å²) in [6.45, 7) is 1.84. The van der Waals surface area contributed by atoms with Crippen molar-refractivity contribution in [2.75, 3.05) is 0 Å². The van der Waals surface area contributed by atoms with Crippen LogP contribution < -0.4 is 10.5 Å². The van der Waals surface area contributed by atoms with Crippen LogP contribution in [0.2, 0.25) is 5.02 Å². The highest BCUT2D eigenvalue weighted by atomic mass is 79.9. The standard InChI is InChI=1S/C14H12BrClN2O3/c1-8(17)9-5-6-13(11(16)7-9)21-14-10(15)3-2-4-12(14)18(19)20/h2-8H,17H2,1H3. The molecule has 0 aliphatic heterocycles. The van der Waals surface area contributed by atoms with E-state index in [0.717, 1.165) is 5.56 Å². The number of nitrogens with zero attached hydrogens (tertiary/aromatic N) is 1. The van der Waals surface area contributed by atoms with Crippen molar-refractivity contribution in [3.8, 4) is 11.5 Å². The number of ether oxygens (including phenoxy) is 1. The van der Waals surface area contributed by atoms with Crippen molar-refractivity contribution in [1.29, 1.82) is 0 Å². The number of nitro benzene ring substituents is 1. The molecule has 0 aliphatic carbocycles. The van der Waals surface area contributed by atoms with Crippen LogP contribution in [0.3, 0.4) is 0 Å². The second kappa shape index (κ2) is 6.43. The highest BCUT2D eigenvalue weighted by Gasteiger charge is 2.19. The lowest BCUT2D eigenvalue weighted by Gasteiger charge is -2.12. The van der Waals surface area contributed by atoms with E-state index < -0.39 is 4.92 Å². The van der Waals surface area contributed by atoms with Gasteiger partial charge in [0, 0.05) is 12.1 Å². The molecule has 21 heavy (non-hydrogen) atoms. The normalized spacial score (nSPS) is 12.0. The van der Waals surface area contributed by atoms with Crippen LogP contribution in [0.5, 0.6) is 11.5 Å². The summed E-state index contributed by atoms with van der Waals surface area (Å²) >= 11 is 9.38. The molecule has 0 aromatic heterocycles. The summed E-state index contributed by atoms with van der Waals surface area (Å²) in [7, 11) is 0. The van der Waals surface area contributed by atoms with Crippen molar-refractivity contribution in [2.45, 2.75) is 13.0 Å². The molecule has 5 nitrogen and oxygen atoms in total. The Hall–Kier alpha value is -1.63. The number of nitro groups is 1. The molecule has 0 heterocycles. The van der Waals surface area contributed by atoms with E-state index in [1.54, 1.807) is 30.3 Å². The molecule has 0 saturated heterocycles. The Morgan fingerprint density at radius 1 is 1.38 bits per heavy atom. The van der Waals surface area contributed by atoms with E-state index in [9.17, 15) is 10.1 Å². The van der Waals surface area contributed by atoms with Crippen LogP contribution in [0.15, 0.2) is 40.9 Å². The first-order valence-electron chi connectivity index (χ1n) is 6.06. The lowest BCUT2D eigenvalue weighted by atomic mass is 10.1. The van der Waals surface area contributed by atoms with Crippen molar-refractivity contribution in [3.63, 3.8) is 0 Å². The number of nitrogens with two attached hydrogens (primary N) is 1. The minimum absolute atomic E-state index is 0.109. The van der Waals surface area contributed by atoms with Crippen LogP contribution in [-0.4, -0.2) is 4.92 Å². The van der Waals surface area contributed by atoms with Crippen LogP contribution in [0.1, 0.15) is 18.5 Å². The molecule has 7 heteroatoms. The number of hydrogen-bond acceptors (Lipinski definition) is 4. The maximum atomic E-state index is 11.0. The summed E-state index contributed by atoms with van der Waals surface area (Å²) < 4.78 is 6.08. The number of halogens is 2. The summed E-state index contributed by atoms with van der Waals surface area (Å²) in [5, 5.41) is 11.4. The van der Waals surface area contributed by atoms with Crippen LogP contribution in [0.25, 0.3) is 0 Å². The van der Waals surface area contributed by atoms with E-state index in [1.165, 1.54) is 6.07 Å². The molecule has 2 rings (SSSR count). The molecule has 0 saturated carbocycles. The molecule has 0 fully saturated rings. The highest BCUT2D eigenvalue weighted by Crippen LogP contribution is 2.40. The fourth-order valence-corrected chi connectivity index (χ4v) is 2.40. The average molecular weight is 372 g/mol. The second-order valence-electron chi connectivity index (χ2n) is 4.43. The van der Waals surface area contributed by atoms with Gasteiger partial charge in [0.15, 0.2) is 0 Å². The number of hydrogen-bond donors (Lipinski definition) is 1. The third kappa shape index (κ3) is 3.53. The SMILES string of the molecule is CC(N)c1ccc(Oc2c(Br)cccc2[N+](=O)[O-])c(Cl)c1. The fraction of sp³-hybridized carbons (Fsp3) is 0.143. The van der Waals surface area contributed by atoms with Crippen molar-refractivity contribution >= 4 is 33.2 Å². The van der Waals surface area contributed by atoms with Crippen LogP contribution >= 0.6 is 27.5 Å². The van der Waals surface area contributed by atoms with Gasteiger partial charge in [0.05, 0.1) is 14.4 Å².